The third-order valence-corrected chi connectivity index (χ3v) is 12.6. The van der Waals surface area contributed by atoms with Gasteiger partial charge in [0.05, 0.1) is 24.2 Å². The Bertz CT molecular complexity index is 2810. The minimum absolute atomic E-state index is 0.130. The summed E-state index contributed by atoms with van der Waals surface area (Å²) in [6.07, 6.45) is 11.0. The lowest BCUT2D eigenvalue weighted by Crippen LogP contribution is -2.33. The maximum absolute atomic E-state index is 13.2. The van der Waals surface area contributed by atoms with Crippen LogP contribution in [0.15, 0.2) is 109 Å². The van der Waals surface area contributed by atoms with E-state index in [1.165, 1.54) is 24.6 Å². The van der Waals surface area contributed by atoms with Gasteiger partial charge in [0, 0.05) is 43.2 Å². The van der Waals surface area contributed by atoms with E-state index in [0.717, 1.165) is 55.8 Å². The van der Waals surface area contributed by atoms with Gasteiger partial charge in [-0.2, -0.15) is 8.42 Å². The standard InChI is InChI=1S/C26H30N4O2.C24H25N3O5S/c1-3-30(2)17-19-13-14-22(21-11-5-4-10-20(19)21)25(31)29-23-12-7-15-27-24(23)26(32)28-16-18-8-6-9-18;1-33(30,31)32-15-17-11-12-20(19-9-3-2-8-18(17)19)23(28)27-21-10-5-13-25-22(21)24(29)26-14-16-6-4-7-16/h4-5,7,10-15,18H,3,6,8-9,16-17H2,1-2H3,(H,28,32)(H,29,31);2-3,5,8-13,16H,4,6-7,14-15H2,1H3,(H,26,29)(H,27,28). The second kappa shape index (κ2) is 21.4. The zero-order valence-electron chi connectivity index (χ0n) is 36.9. The molecule has 8 rings (SSSR count). The summed E-state index contributed by atoms with van der Waals surface area (Å²) >= 11 is 0. The summed E-state index contributed by atoms with van der Waals surface area (Å²) in [5.74, 6) is -0.170. The predicted octanol–water partition coefficient (Wildman–Crippen LogP) is 7.96. The highest BCUT2D eigenvalue weighted by molar-refractivity contribution is 7.85. The Kier molecular flexibility index (Phi) is 15.3. The lowest BCUT2D eigenvalue weighted by Gasteiger charge is -2.25. The summed E-state index contributed by atoms with van der Waals surface area (Å²) < 4.78 is 27.7. The van der Waals surface area contributed by atoms with E-state index in [1.54, 1.807) is 66.9 Å². The first-order chi connectivity index (χ1) is 31.4. The summed E-state index contributed by atoms with van der Waals surface area (Å²) in [7, 11) is -1.52. The molecule has 2 aromatic heterocycles. The monoisotopic (exact) mass is 897 g/mol. The van der Waals surface area contributed by atoms with Gasteiger partial charge in [-0.1, -0.05) is 80.4 Å². The Labute approximate surface area is 379 Å². The fraction of sp³-hybridized carbons (Fsp3) is 0.320. The first kappa shape index (κ1) is 46.4. The van der Waals surface area contributed by atoms with Crippen LogP contribution in [-0.2, 0) is 27.5 Å². The molecule has 0 atom stereocenters. The molecular weight excluding hydrogens is 843 g/mol. The van der Waals surface area contributed by atoms with E-state index >= 15 is 0 Å². The van der Waals surface area contributed by atoms with Crippen LogP contribution in [0.5, 0.6) is 0 Å². The van der Waals surface area contributed by atoms with E-state index in [2.05, 4.69) is 50.1 Å². The van der Waals surface area contributed by atoms with E-state index in [0.29, 0.717) is 63.8 Å². The minimum atomic E-state index is -3.60. The molecule has 4 amide bonds. The molecule has 6 aromatic rings. The van der Waals surface area contributed by atoms with Gasteiger partial charge < -0.3 is 26.2 Å². The SMILES string of the molecule is CCN(C)Cc1ccc(C(=O)Nc2cccnc2C(=O)NCC2CCC2)c2ccccc12.CS(=O)(=O)OCc1ccc(C(=O)Nc2cccnc2C(=O)NCC2CCC2)c2ccccc12. The van der Waals surface area contributed by atoms with Crippen LogP contribution in [0.1, 0.15) is 98.3 Å². The largest absolute Gasteiger partial charge is 0.350 e. The molecule has 0 radical (unpaired) electrons. The van der Waals surface area contributed by atoms with E-state index < -0.39 is 16.0 Å². The van der Waals surface area contributed by atoms with Gasteiger partial charge in [0.1, 0.15) is 0 Å². The summed E-state index contributed by atoms with van der Waals surface area (Å²) in [5.41, 5.74) is 3.93. The van der Waals surface area contributed by atoms with Gasteiger partial charge in [-0.05, 0) is 120 Å². The average molecular weight is 898 g/mol. The maximum atomic E-state index is 13.2. The number of amides is 4. The van der Waals surface area contributed by atoms with Crippen molar-refractivity contribution in [3.63, 3.8) is 0 Å². The first-order valence-corrected chi connectivity index (χ1v) is 23.8. The van der Waals surface area contributed by atoms with Gasteiger partial charge in [-0.25, -0.2) is 9.97 Å². The molecule has 4 N–H and O–H groups in total. The van der Waals surface area contributed by atoms with Crippen molar-refractivity contribution >= 4 is 66.7 Å². The van der Waals surface area contributed by atoms with Crippen LogP contribution in [0.4, 0.5) is 11.4 Å². The van der Waals surface area contributed by atoms with E-state index in [-0.39, 0.29) is 35.7 Å². The van der Waals surface area contributed by atoms with Gasteiger partial charge >= 0.3 is 0 Å². The molecule has 2 heterocycles. The second-order valence-corrected chi connectivity index (χ2v) is 18.3. The van der Waals surface area contributed by atoms with Crippen LogP contribution >= 0.6 is 0 Å². The Hall–Kier alpha value is -6.55. The number of nitrogens with zero attached hydrogens (tertiary/aromatic N) is 3. The number of aromatic nitrogens is 2. The molecular formula is C50H55N7O7S. The zero-order chi connectivity index (χ0) is 45.9. The van der Waals surface area contributed by atoms with Crippen LogP contribution in [0.3, 0.4) is 0 Å². The summed E-state index contributed by atoms with van der Waals surface area (Å²) in [6.45, 7) is 5.01. The van der Waals surface area contributed by atoms with E-state index in [9.17, 15) is 27.6 Å². The number of pyridine rings is 2. The Morgan fingerprint density at radius 1 is 0.615 bits per heavy atom. The molecule has 0 aliphatic heterocycles. The van der Waals surface area contributed by atoms with Crippen molar-refractivity contribution in [2.24, 2.45) is 11.8 Å². The molecule has 14 nitrogen and oxygen atoms in total. The molecule has 2 saturated carbocycles. The number of hydrogen-bond donors (Lipinski definition) is 4. The van der Waals surface area contributed by atoms with Crippen molar-refractivity contribution in [1.82, 2.24) is 25.5 Å². The number of fused-ring (bicyclic) bond motifs is 2. The molecule has 2 fully saturated rings. The number of anilines is 2. The van der Waals surface area contributed by atoms with Gasteiger partial charge in [-0.3, -0.25) is 23.4 Å². The van der Waals surface area contributed by atoms with Crippen molar-refractivity contribution in [3.8, 4) is 0 Å². The molecule has 338 valence electrons. The average Bonchev–Trinajstić information content (AvgIpc) is 3.27. The highest BCUT2D eigenvalue weighted by Crippen LogP contribution is 2.29. The third kappa shape index (κ3) is 12.0. The third-order valence-electron chi connectivity index (χ3n) is 12.0. The van der Waals surface area contributed by atoms with Crippen LogP contribution in [0, 0.1) is 11.8 Å². The zero-order valence-corrected chi connectivity index (χ0v) is 37.7. The molecule has 0 spiro atoms. The van der Waals surface area contributed by atoms with Crippen molar-refractivity contribution in [2.75, 3.05) is 43.6 Å². The Balaban J connectivity index is 0.000000194. The minimum Gasteiger partial charge on any atom is -0.350 e. The quantitative estimate of drug-likeness (QED) is 0.0694. The normalized spacial score (nSPS) is 13.8. The fourth-order valence-electron chi connectivity index (χ4n) is 7.74. The highest BCUT2D eigenvalue weighted by Gasteiger charge is 2.23. The lowest BCUT2D eigenvalue weighted by atomic mass is 9.85. The molecule has 4 aromatic carbocycles. The number of hydrogen-bond acceptors (Lipinski definition) is 10. The van der Waals surface area contributed by atoms with Crippen molar-refractivity contribution in [1.29, 1.82) is 0 Å². The lowest BCUT2D eigenvalue weighted by molar-refractivity contribution is 0.0926. The smallest absolute Gasteiger partial charge is 0.272 e. The predicted molar refractivity (Wildman–Crippen MR) is 253 cm³/mol. The van der Waals surface area contributed by atoms with Crippen LogP contribution in [0.2, 0.25) is 0 Å². The van der Waals surface area contributed by atoms with Gasteiger partial charge in [-0.15, -0.1) is 0 Å². The maximum Gasteiger partial charge on any atom is 0.272 e. The Morgan fingerprint density at radius 2 is 1.06 bits per heavy atom. The molecule has 2 aliphatic rings. The number of benzene rings is 4. The molecule has 0 unspecified atom stereocenters. The number of carbonyl (C=O) groups is 4. The Morgan fingerprint density at radius 3 is 1.49 bits per heavy atom. The van der Waals surface area contributed by atoms with Crippen LogP contribution in [-0.4, -0.2) is 79.9 Å². The van der Waals surface area contributed by atoms with Gasteiger partial charge in [0.25, 0.3) is 33.7 Å². The highest BCUT2D eigenvalue weighted by atomic mass is 32.2. The molecule has 0 saturated heterocycles. The topological polar surface area (TPSA) is 189 Å². The number of nitrogens with one attached hydrogen (secondary N) is 4. The van der Waals surface area contributed by atoms with Crippen molar-refractivity contribution < 1.29 is 31.8 Å². The molecule has 2 aliphatic carbocycles. The summed E-state index contributed by atoms with van der Waals surface area (Å²) in [5, 5.41) is 14.9. The van der Waals surface area contributed by atoms with Crippen LogP contribution < -0.4 is 21.3 Å². The van der Waals surface area contributed by atoms with Gasteiger partial charge in [0.15, 0.2) is 11.4 Å². The molecule has 65 heavy (non-hydrogen) atoms. The first-order valence-electron chi connectivity index (χ1n) is 22.0. The van der Waals surface area contributed by atoms with Crippen LogP contribution in [0.25, 0.3) is 21.5 Å². The van der Waals surface area contributed by atoms with E-state index in [1.807, 2.05) is 36.4 Å². The fourth-order valence-corrected chi connectivity index (χ4v) is 8.09. The van der Waals surface area contributed by atoms with E-state index in [4.69, 9.17) is 4.18 Å². The number of carbonyl (C=O) groups excluding carboxylic acids is 4. The molecule has 15 heteroatoms. The van der Waals surface area contributed by atoms with Crippen molar-refractivity contribution in [3.05, 3.63) is 143 Å². The number of rotatable bonds is 16. The molecule has 0 bridgehead atoms. The summed E-state index contributed by atoms with van der Waals surface area (Å²) in [6, 6.07) is 29.0. The van der Waals surface area contributed by atoms with Crippen molar-refractivity contribution in [2.45, 2.75) is 58.6 Å². The summed E-state index contributed by atoms with van der Waals surface area (Å²) in [4.78, 5) is 62.4. The second-order valence-electron chi connectivity index (χ2n) is 16.7. The van der Waals surface area contributed by atoms with Gasteiger partial charge in [0.2, 0.25) is 0 Å².